The zero-order chi connectivity index (χ0) is 13.5. The summed E-state index contributed by atoms with van der Waals surface area (Å²) in [4.78, 5) is 22.4. The third-order valence-corrected chi connectivity index (χ3v) is 2.26. The summed E-state index contributed by atoms with van der Waals surface area (Å²) < 4.78 is 9.14. The van der Waals surface area contributed by atoms with Crippen molar-refractivity contribution in [2.24, 2.45) is 0 Å². The van der Waals surface area contributed by atoms with Gasteiger partial charge in [0.2, 0.25) is 0 Å². The minimum absolute atomic E-state index is 0.00887. The van der Waals surface area contributed by atoms with Crippen LogP contribution in [0.25, 0.3) is 0 Å². The van der Waals surface area contributed by atoms with Crippen molar-refractivity contribution in [1.82, 2.24) is 0 Å². The lowest BCUT2D eigenvalue weighted by Crippen LogP contribution is -2.04. The van der Waals surface area contributed by atoms with Gasteiger partial charge in [-0.05, 0) is 24.6 Å². The second-order valence-electron chi connectivity index (χ2n) is 3.60. The second kappa shape index (κ2) is 6.45. The zero-order valence-corrected chi connectivity index (χ0v) is 10.6. The van der Waals surface area contributed by atoms with Crippen LogP contribution in [0.3, 0.4) is 0 Å². The van der Waals surface area contributed by atoms with Gasteiger partial charge in [-0.25, -0.2) is 4.79 Å². The molecule has 0 atom stereocenters. The van der Waals surface area contributed by atoms with Gasteiger partial charge in [0.1, 0.15) is 6.42 Å². The molecule has 0 unspecified atom stereocenters. The number of carbonyl (C=O) groups is 2. The Hall–Kier alpha value is -2.28. The van der Waals surface area contributed by atoms with Crippen LogP contribution >= 0.6 is 0 Å². The number of rotatable bonds is 2. The highest BCUT2D eigenvalue weighted by Crippen LogP contribution is 2.11. The van der Waals surface area contributed by atoms with E-state index in [0.717, 1.165) is 5.56 Å². The predicted molar refractivity (Wildman–Crippen MR) is 66.0 cm³/mol. The number of hydrogen-bond donors (Lipinski definition) is 0. The Morgan fingerprint density at radius 1 is 1.22 bits per heavy atom. The normalized spacial score (nSPS) is 9.06. The van der Waals surface area contributed by atoms with Gasteiger partial charge in [0, 0.05) is 5.56 Å². The standard InChI is InChI=1S/C14H14O4/c1-10-7-8-12(14(16)18-3)11(9-10)5-4-6-13(15)17-2/h7-9H,6H2,1-3H3. The van der Waals surface area contributed by atoms with Crippen LogP contribution in [0.1, 0.15) is 27.9 Å². The van der Waals surface area contributed by atoms with E-state index in [9.17, 15) is 9.59 Å². The average molecular weight is 246 g/mol. The summed E-state index contributed by atoms with van der Waals surface area (Å²) in [6.45, 7) is 1.90. The summed E-state index contributed by atoms with van der Waals surface area (Å²) in [6.07, 6.45) is -0.00887. The Labute approximate surface area is 106 Å². The summed E-state index contributed by atoms with van der Waals surface area (Å²) in [7, 11) is 2.62. The molecule has 0 spiro atoms. The van der Waals surface area contributed by atoms with Gasteiger partial charge in [-0.3, -0.25) is 4.79 Å². The van der Waals surface area contributed by atoms with Crippen LogP contribution in [0.2, 0.25) is 0 Å². The largest absolute Gasteiger partial charge is 0.468 e. The van der Waals surface area contributed by atoms with Crippen LogP contribution in [0.15, 0.2) is 18.2 Å². The van der Waals surface area contributed by atoms with E-state index in [1.165, 1.54) is 14.2 Å². The van der Waals surface area contributed by atoms with Crippen LogP contribution in [0.5, 0.6) is 0 Å². The first kappa shape index (κ1) is 13.8. The van der Waals surface area contributed by atoms with E-state index in [1.54, 1.807) is 18.2 Å². The highest BCUT2D eigenvalue weighted by molar-refractivity contribution is 5.92. The second-order valence-corrected chi connectivity index (χ2v) is 3.60. The molecule has 0 bridgehead atoms. The third kappa shape index (κ3) is 3.63. The molecule has 0 aliphatic rings. The molecule has 0 aliphatic heterocycles. The molecule has 1 aromatic carbocycles. The Morgan fingerprint density at radius 2 is 1.94 bits per heavy atom. The molecule has 0 heterocycles. The minimum atomic E-state index is -0.447. The van der Waals surface area contributed by atoms with Crippen LogP contribution < -0.4 is 0 Å². The van der Waals surface area contributed by atoms with E-state index in [0.29, 0.717) is 11.1 Å². The van der Waals surface area contributed by atoms with Crippen molar-refractivity contribution >= 4 is 11.9 Å². The van der Waals surface area contributed by atoms with Gasteiger partial charge in [0.25, 0.3) is 0 Å². The lowest BCUT2D eigenvalue weighted by molar-refractivity contribution is -0.139. The summed E-state index contributed by atoms with van der Waals surface area (Å²) in [6, 6.07) is 5.23. The van der Waals surface area contributed by atoms with Crippen molar-refractivity contribution in [3.63, 3.8) is 0 Å². The van der Waals surface area contributed by atoms with Gasteiger partial charge < -0.3 is 9.47 Å². The minimum Gasteiger partial charge on any atom is -0.468 e. The smallest absolute Gasteiger partial charge is 0.339 e. The van der Waals surface area contributed by atoms with Gasteiger partial charge in [0.15, 0.2) is 0 Å². The number of benzene rings is 1. The van der Waals surface area contributed by atoms with Crippen molar-refractivity contribution in [1.29, 1.82) is 0 Å². The first-order chi connectivity index (χ1) is 8.58. The quantitative estimate of drug-likeness (QED) is 0.588. The Morgan fingerprint density at radius 3 is 2.56 bits per heavy atom. The van der Waals surface area contributed by atoms with Crippen LogP contribution in [0, 0.1) is 18.8 Å². The van der Waals surface area contributed by atoms with Gasteiger partial charge in [-0.1, -0.05) is 17.9 Å². The molecule has 0 aromatic heterocycles. The van der Waals surface area contributed by atoms with Crippen molar-refractivity contribution in [3.05, 3.63) is 34.9 Å². The van der Waals surface area contributed by atoms with Gasteiger partial charge in [-0.15, -0.1) is 0 Å². The van der Waals surface area contributed by atoms with E-state index in [1.807, 2.05) is 6.92 Å². The van der Waals surface area contributed by atoms with E-state index in [-0.39, 0.29) is 6.42 Å². The van der Waals surface area contributed by atoms with E-state index < -0.39 is 11.9 Å². The molecule has 4 heteroatoms. The molecule has 0 radical (unpaired) electrons. The number of methoxy groups -OCH3 is 2. The highest BCUT2D eigenvalue weighted by Gasteiger charge is 2.10. The van der Waals surface area contributed by atoms with Crippen LogP contribution in [0.4, 0.5) is 0 Å². The average Bonchev–Trinajstić information content (AvgIpc) is 2.37. The highest BCUT2D eigenvalue weighted by atomic mass is 16.5. The molecule has 94 valence electrons. The SMILES string of the molecule is COC(=O)CC#Cc1cc(C)ccc1C(=O)OC. The molecule has 0 fully saturated rings. The molecule has 0 saturated carbocycles. The maximum Gasteiger partial charge on any atom is 0.339 e. The number of aryl methyl sites for hydroxylation is 1. The molecule has 18 heavy (non-hydrogen) atoms. The summed E-state index contributed by atoms with van der Waals surface area (Å²) in [5.41, 5.74) is 1.91. The summed E-state index contributed by atoms with van der Waals surface area (Å²) in [5.74, 6) is 4.60. The van der Waals surface area contributed by atoms with Gasteiger partial charge in [-0.2, -0.15) is 0 Å². The summed E-state index contributed by atoms with van der Waals surface area (Å²) in [5, 5.41) is 0. The van der Waals surface area contributed by atoms with E-state index in [4.69, 9.17) is 0 Å². The van der Waals surface area contributed by atoms with Crippen molar-refractivity contribution in [2.75, 3.05) is 14.2 Å². The maximum absolute atomic E-state index is 11.5. The maximum atomic E-state index is 11.5. The van der Waals surface area contributed by atoms with Gasteiger partial charge >= 0.3 is 11.9 Å². The molecule has 0 amide bonds. The zero-order valence-electron chi connectivity index (χ0n) is 10.6. The molecule has 4 nitrogen and oxygen atoms in total. The molecular formula is C14H14O4. The summed E-state index contributed by atoms with van der Waals surface area (Å²) >= 11 is 0. The number of hydrogen-bond acceptors (Lipinski definition) is 4. The lowest BCUT2D eigenvalue weighted by Gasteiger charge is -2.03. The lowest BCUT2D eigenvalue weighted by atomic mass is 10.0. The van der Waals surface area contributed by atoms with Crippen LogP contribution in [-0.4, -0.2) is 26.2 Å². The van der Waals surface area contributed by atoms with Gasteiger partial charge in [0.05, 0.1) is 19.8 Å². The Balaban J connectivity index is 3.02. The van der Waals surface area contributed by atoms with Crippen LogP contribution in [-0.2, 0) is 14.3 Å². The molecule has 1 aromatic rings. The number of esters is 2. The van der Waals surface area contributed by atoms with E-state index >= 15 is 0 Å². The number of carbonyl (C=O) groups excluding carboxylic acids is 2. The van der Waals surface area contributed by atoms with E-state index in [2.05, 4.69) is 21.3 Å². The Kier molecular flexibility index (Phi) is 4.94. The first-order valence-electron chi connectivity index (χ1n) is 5.33. The van der Waals surface area contributed by atoms with Crippen molar-refractivity contribution in [2.45, 2.75) is 13.3 Å². The topological polar surface area (TPSA) is 52.6 Å². The molecular weight excluding hydrogens is 232 g/mol. The van der Waals surface area contributed by atoms with Crippen molar-refractivity contribution < 1.29 is 19.1 Å². The third-order valence-electron chi connectivity index (χ3n) is 2.26. The molecule has 0 saturated heterocycles. The number of ether oxygens (including phenoxy) is 2. The fourth-order valence-corrected chi connectivity index (χ4v) is 1.33. The predicted octanol–water partition coefficient (Wildman–Crippen LogP) is 1.70. The molecule has 1 rings (SSSR count). The van der Waals surface area contributed by atoms with Crippen molar-refractivity contribution in [3.8, 4) is 11.8 Å². The Bertz CT molecular complexity index is 520. The molecule has 0 N–H and O–H groups in total. The monoisotopic (exact) mass is 246 g/mol. The first-order valence-corrected chi connectivity index (χ1v) is 5.33. The molecule has 0 aliphatic carbocycles. The fourth-order valence-electron chi connectivity index (χ4n) is 1.33. The fraction of sp³-hybridized carbons (Fsp3) is 0.286.